The molecule has 0 saturated heterocycles. The molecule has 6 nitrogen and oxygen atoms in total. The Balaban J connectivity index is 2.08. The number of para-hydroxylation sites is 1. The van der Waals surface area contributed by atoms with Crippen LogP contribution in [0.25, 0.3) is 0 Å². The molecule has 1 unspecified atom stereocenters. The summed E-state index contributed by atoms with van der Waals surface area (Å²) in [5, 5.41) is 6.78. The molecule has 2 N–H and O–H groups in total. The fraction of sp³-hybridized carbons (Fsp3) is 0.409. The molecule has 2 aromatic rings. The molecule has 2 rings (SSSR count). The molecule has 6 heteroatoms. The van der Waals surface area contributed by atoms with Gasteiger partial charge in [0.15, 0.2) is 5.96 Å². The minimum atomic E-state index is 0.154. The van der Waals surface area contributed by atoms with Crippen LogP contribution in [-0.4, -0.2) is 52.3 Å². The van der Waals surface area contributed by atoms with Crippen LogP contribution in [0.4, 0.5) is 0 Å². The lowest BCUT2D eigenvalue weighted by atomic mass is 10.0. The van der Waals surface area contributed by atoms with Crippen molar-refractivity contribution in [1.82, 2.24) is 15.5 Å². The van der Waals surface area contributed by atoms with Crippen molar-refractivity contribution in [2.75, 3.05) is 41.4 Å². The van der Waals surface area contributed by atoms with Gasteiger partial charge in [-0.05, 0) is 44.8 Å². The van der Waals surface area contributed by atoms with Gasteiger partial charge < -0.3 is 25.0 Å². The maximum atomic E-state index is 5.54. The highest BCUT2D eigenvalue weighted by atomic mass is 16.5. The number of guanidine groups is 1. The second-order valence-corrected chi connectivity index (χ2v) is 6.65. The average molecular weight is 385 g/mol. The highest BCUT2D eigenvalue weighted by molar-refractivity contribution is 5.79. The topological polar surface area (TPSA) is 58.1 Å². The summed E-state index contributed by atoms with van der Waals surface area (Å²) in [5.74, 6) is 2.53. The van der Waals surface area contributed by atoms with E-state index in [1.54, 1.807) is 14.2 Å². The highest BCUT2D eigenvalue weighted by Crippen LogP contribution is 2.27. The fourth-order valence-electron chi connectivity index (χ4n) is 2.95. The van der Waals surface area contributed by atoms with Crippen molar-refractivity contribution in [2.24, 2.45) is 4.99 Å². The van der Waals surface area contributed by atoms with Crippen LogP contribution in [-0.2, 0) is 6.54 Å². The first-order valence-electron chi connectivity index (χ1n) is 9.53. The first kappa shape index (κ1) is 21.6. The van der Waals surface area contributed by atoms with E-state index in [2.05, 4.69) is 42.6 Å². The summed E-state index contributed by atoms with van der Waals surface area (Å²) < 4.78 is 10.8. The Kier molecular flexibility index (Phi) is 8.62. The van der Waals surface area contributed by atoms with Gasteiger partial charge >= 0.3 is 0 Å². The fourth-order valence-corrected chi connectivity index (χ4v) is 2.95. The zero-order valence-corrected chi connectivity index (χ0v) is 17.5. The van der Waals surface area contributed by atoms with Gasteiger partial charge in [0.25, 0.3) is 0 Å². The third-order valence-electron chi connectivity index (χ3n) is 4.51. The molecule has 0 aliphatic rings. The Labute approximate surface area is 168 Å². The normalized spacial score (nSPS) is 12.6. The summed E-state index contributed by atoms with van der Waals surface area (Å²) in [7, 11) is 7.52. The summed E-state index contributed by atoms with van der Waals surface area (Å²) in [5.41, 5.74) is 2.28. The summed E-state index contributed by atoms with van der Waals surface area (Å²) in [6.45, 7) is 4.17. The molecular formula is C22H32N4O2. The maximum absolute atomic E-state index is 5.54. The summed E-state index contributed by atoms with van der Waals surface area (Å²) in [6, 6.07) is 16.2. The van der Waals surface area contributed by atoms with Crippen molar-refractivity contribution < 1.29 is 9.47 Å². The standard InChI is InChI=1S/C22H32N4O2/c1-6-23-22(24-15-17-11-13-18(27-4)14-12-17)25-16-20(26(2)3)19-9-7-8-10-21(19)28-5/h7-14,20H,6,15-16H2,1-5H3,(H2,23,24,25). The Morgan fingerprint density at radius 2 is 1.71 bits per heavy atom. The SMILES string of the molecule is CCNC(=NCc1ccc(OC)cc1)NCC(c1ccccc1OC)N(C)C. The number of nitrogens with one attached hydrogen (secondary N) is 2. The summed E-state index contributed by atoms with van der Waals surface area (Å²) in [4.78, 5) is 6.89. The predicted molar refractivity (Wildman–Crippen MR) is 115 cm³/mol. The van der Waals surface area contributed by atoms with Crippen LogP contribution < -0.4 is 20.1 Å². The molecule has 0 fully saturated rings. The molecule has 152 valence electrons. The van der Waals surface area contributed by atoms with Gasteiger partial charge in [-0.15, -0.1) is 0 Å². The second kappa shape index (κ2) is 11.2. The minimum absolute atomic E-state index is 0.154. The highest BCUT2D eigenvalue weighted by Gasteiger charge is 2.18. The molecule has 0 amide bonds. The zero-order valence-electron chi connectivity index (χ0n) is 17.5. The number of likely N-dealkylation sites (N-methyl/N-ethyl adjacent to an activating group) is 1. The molecule has 0 spiro atoms. The van der Waals surface area contributed by atoms with Crippen LogP contribution in [0.2, 0.25) is 0 Å². The zero-order chi connectivity index (χ0) is 20.4. The van der Waals surface area contributed by atoms with Crippen LogP contribution in [0.5, 0.6) is 11.5 Å². The molecule has 0 radical (unpaired) electrons. The van der Waals surface area contributed by atoms with Crippen LogP contribution in [0.1, 0.15) is 24.1 Å². The second-order valence-electron chi connectivity index (χ2n) is 6.65. The molecule has 28 heavy (non-hydrogen) atoms. The van der Waals surface area contributed by atoms with E-state index in [-0.39, 0.29) is 6.04 Å². The van der Waals surface area contributed by atoms with Gasteiger partial charge in [-0.1, -0.05) is 30.3 Å². The molecule has 2 aromatic carbocycles. The Morgan fingerprint density at radius 1 is 1.00 bits per heavy atom. The van der Waals surface area contributed by atoms with Crippen LogP contribution in [0, 0.1) is 0 Å². The van der Waals surface area contributed by atoms with Crippen LogP contribution >= 0.6 is 0 Å². The first-order chi connectivity index (χ1) is 13.6. The largest absolute Gasteiger partial charge is 0.497 e. The number of benzene rings is 2. The van der Waals surface area contributed by atoms with Crippen molar-refractivity contribution in [2.45, 2.75) is 19.5 Å². The third kappa shape index (κ3) is 6.16. The lowest BCUT2D eigenvalue weighted by molar-refractivity contribution is 0.287. The number of rotatable bonds is 9. The molecule has 0 aromatic heterocycles. The summed E-state index contributed by atoms with van der Waals surface area (Å²) >= 11 is 0. The number of aliphatic imine (C=N–C) groups is 1. The Hall–Kier alpha value is -2.73. The third-order valence-corrected chi connectivity index (χ3v) is 4.51. The van der Waals surface area contributed by atoms with E-state index in [4.69, 9.17) is 14.5 Å². The van der Waals surface area contributed by atoms with E-state index in [0.29, 0.717) is 13.1 Å². The van der Waals surface area contributed by atoms with E-state index in [9.17, 15) is 0 Å². The number of methoxy groups -OCH3 is 2. The van der Waals surface area contributed by atoms with Gasteiger partial charge in [-0.25, -0.2) is 4.99 Å². The van der Waals surface area contributed by atoms with Crippen LogP contribution in [0.15, 0.2) is 53.5 Å². The Morgan fingerprint density at radius 3 is 2.32 bits per heavy atom. The first-order valence-corrected chi connectivity index (χ1v) is 9.53. The monoisotopic (exact) mass is 384 g/mol. The van der Waals surface area contributed by atoms with Gasteiger partial charge in [0.1, 0.15) is 11.5 Å². The lowest BCUT2D eigenvalue weighted by Crippen LogP contribution is -2.41. The van der Waals surface area contributed by atoms with Crippen molar-refractivity contribution in [3.63, 3.8) is 0 Å². The van der Waals surface area contributed by atoms with Gasteiger partial charge in [-0.2, -0.15) is 0 Å². The van der Waals surface area contributed by atoms with Gasteiger partial charge in [-0.3, -0.25) is 0 Å². The number of hydrogen-bond acceptors (Lipinski definition) is 4. The Bertz CT molecular complexity index is 744. The number of hydrogen-bond donors (Lipinski definition) is 2. The van der Waals surface area contributed by atoms with Crippen LogP contribution in [0.3, 0.4) is 0 Å². The maximum Gasteiger partial charge on any atom is 0.191 e. The van der Waals surface area contributed by atoms with E-state index >= 15 is 0 Å². The average Bonchev–Trinajstić information content (AvgIpc) is 2.72. The molecule has 0 aliphatic carbocycles. The molecule has 0 saturated carbocycles. The van der Waals surface area contributed by atoms with Crippen molar-refractivity contribution >= 4 is 5.96 Å². The smallest absolute Gasteiger partial charge is 0.191 e. The van der Waals surface area contributed by atoms with Gasteiger partial charge in [0.05, 0.1) is 26.8 Å². The van der Waals surface area contributed by atoms with Gasteiger partial charge in [0, 0.05) is 18.7 Å². The number of ether oxygens (including phenoxy) is 2. The summed E-state index contributed by atoms with van der Waals surface area (Å²) in [6.07, 6.45) is 0. The molecule has 0 aliphatic heterocycles. The molecular weight excluding hydrogens is 352 g/mol. The predicted octanol–water partition coefficient (Wildman–Crippen LogP) is 3.06. The van der Waals surface area contributed by atoms with E-state index < -0.39 is 0 Å². The minimum Gasteiger partial charge on any atom is -0.497 e. The lowest BCUT2D eigenvalue weighted by Gasteiger charge is -2.27. The molecule has 0 bridgehead atoms. The van der Waals surface area contributed by atoms with Crippen molar-refractivity contribution in [1.29, 1.82) is 0 Å². The number of nitrogens with zero attached hydrogens (tertiary/aromatic N) is 2. The quantitative estimate of drug-likeness (QED) is 0.514. The van der Waals surface area contributed by atoms with E-state index in [1.165, 1.54) is 0 Å². The van der Waals surface area contributed by atoms with E-state index in [0.717, 1.165) is 35.1 Å². The van der Waals surface area contributed by atoms with Crippen molar-refractivity contribution in [3.05, 3.63) is 59.7 Å². The van der Waals surface area contributed by atoms with Crippen molar-refractivity contribution in [3.8, 4) is 11.5 Å². The van der Waals surface area contributed by atoms with Gasteiger partial charge in [0.2, 0.25) is 0 Å². The van der Waals surface area contributed by atoms with E-state index in [1.807, 2.05) is 42.5 Å². The molecule has 1 atom stereocenters. The molecule has 0 heterocycles.